The van der Waals surface area contributed by atoms with Crippen molar-refractivity contribution in [3.63, 3.8) is 0 Å². The first-order chi connectivity index (χ1) is 15.2. The maximum atomic E-state index is 13.8. The van der Waals surface area contributed by atoms with Gasteiger partial charge in [-0.25, -0.2) is 13.2 Å². The zero-order valence-corrected chi connectivity index (χ0v) is 16.9. The van der Waals surface area contributed by atoms with Crippen LogP contribution >= 0.6 is 0 Å². The lowest BCUT2D eigenvalue weighted by Crippen LogP contribution is -2.58. The van der Waals surface area contributed by atoms with Crippen LogP contribution in [-0.4, -0.2) is 51.9 Å². The highest BCUT2D eigenvalue weighted by Crippen LogP contribution is 2.26. The standard InChI is InChI=1S/C21H19F3N4O4/c1-11-2-5-14(7-22)28-10-26(11)21(32)17-19(30)18(29)15(9-27(17)28)20(31)25-8-12-3-4-13(23)6-16(12)24/h2-6,9,11,14,30H,7-8,10H2,1H3,(H,25,31). The van der Waals surface area contributed by atoms with Crippen molar-refractivity contribution in [2.24, 2.45) is 0 Å². The number of benzene rings is 1. The van der Waals surface area contributed by atoms with E-state index in [0.717, 1.165) is 23.0 Å². The van der Waals surface area contributed by atoms with Crippen LogP contribution in [0.3, 0.4) is 0 Å². The van der Waals surface area contributed by atoms with E-state index in [1.54, 1.807) is 19.1 Å². The lowest BCUT2D eigenvalue weighted by Gasteiger charge is -2.42. The number of carbonyl (C=O) groups is 2. The monoisotopic (exact) mass is 448 g/mol. The number of pyridine rings is 1. The summed E-state index contributed by atoms with van der Waals surface area (Å²) in [7, 11) is 0. The van der Waals surface area contributed by atoms with Gasteiger partial charge in [-0.05, 0) is 13.0 Å². The number of halogens is 3. The van der Waals surface area contributed by atoms with Crippen LogP contribution in [0.15, 0.2) is 41.3 Å². The third-order valence-corrected chi connectivity index (χ3v) is 5.55. The van der Waals surface area contributed by atoms with Crippen molar-refractivity contribution in [2.75, 3.05) is 18.4 Å². The molecule has 4 rings (SSSR count). The number of aromatic hydroxyl groups is 1. The minimum atomic E-state index is -1.10. The van der Waals surface area contributed by atoms with Gasteiger partial charge in [0, 0.05) is 30.4 Å². The first-order valence-electron chi connectivity index (χ1n) is 9.75. The minimum Gasteiger partial charge on any atom is -0.502 e. The van der Waals surface area contributed by atoms with E-state index in [1.807, 2.05) is 0 Å². The van der Waals surface area contributed by atoms with Crippen molar-refractivity contribution in [1.29, 1.82) is 0 Å². The topological polar surface area (TPSA) is 94.9 Å². The average molecular weight is 448 g/mol. The molecule has 2 unspecified atom stereocenters. The predicted octanol–water partition coefficient (Wildman–Crippen LogP) is 1.41. The van der Waals surface area contributed by atoms with Crippen LogP contribution in [-0.2, 0) is 6.54 Å². The van der Waals surface area contributed by atoms with Gasteiger partial charge in [0.25, 0.3) is 11.8 Å². The molecular formula is C21H19F3N4O4. The summed E-state index contributed by atoms with van der Waals surface area (Å²) in [4.78, 5) is 39.6. The van der Waals surface area contributed by atoms with E-state index in [-0.39, 0.29) is 24.5 Å². The van der Waals surface area contributed by atoms with E-state index >= 15 is 0 Å². The zero-order chi connectivity index (χ0) is 23.2. The lowest BCUT2D eigenvalue weighted by atomic mass is 10.1. The number of fused-ring (bicyclic) bond motifs is 4. The summed E-state index contributed by atoms with van der Waals surface area (Å²) in [5.74, 6) is -4.20. The summed E-state index contributed by atoms with van der Waals surface area (Å²) in [5.41, 5.74) is -2.01. The molecule has 2 amide bonds. The molecule has 3 heterocycles. The van der Waals surface area contributed by atoms with E-state index in [4.69, 9.17) is 0 Å². The summed E-state index contributed by atoms with van der Waals surface area (Å²) in [5, 5.41) is 14.2. The molecule has 0 radical (unpaired) electrons. The van der Waals surface area contributed by atoms with Gasteiger partial charge >= 0.3 is 0 Å². The van der Waals surface area contributed by atoms with Gasteiger partial charge in [0.1, 0.15) is 30.5 Å². The quantitative estimate of drug-likeness (QED) is 0.690. The van der Waals surface area contributed by atoms with Crippen LogP contribution < -0.4 is 15.8 Å². The number of carbonyl (C=O) groups excluding carboxylic acids is 2. The van der Waals surface area contributed by atoms with Gasteiger partial charge in [-0.2, -0.15) is 0 Å². The molecule has 0 saturated heterocycles. The van der Waals surface area contributed by atoms with Gasteiger partial charge in [0.15, 0.2) is 11.4 Å². The second-order valence-electron chi connectivity index (χ2n) is 7.54. The molecule has 168 valence electrons. The Hall–Kier alpha value is -3.76. The van der Waals surface area contributed by atoms with Gasteiger partial charge in [-0.1, -0.05) is 18.2 Å². The molecule has 1 aromatic heterocycles. The molecule has 2 atom stereocenters. The summed E-state index contributed by atoms with van der Waals surface area (Å²) in [6.07, 6.45) is 4.27. The average Bonchev–Trinajstić information content (AvgIpc) is 2.90. The number of rotatable bonds is 4. The summed E-state index contributed by atoms with van der Waals surface area (Å²) < 4.78 is 41.7. The van der Waals surface area contributed by atoms with Crippen molar-refractivity contribution in [2.45, 2.75) is 25.6 Å². The van der Waals surface area contributed by atoms with Crippen LogP contribution in [0.25, 0.3) is 0 Å². The number of amides is 2. The van der Waals surface area contributed by atoms with Crippen LogP contribution in [0, 0.1) is 11.6 Å². The van der Waals surface area contributed by atoms with Crippen molar-refractivity contribution >= 4 is 11.8 Å². The Morgan fingerprint density at radius 3 is 2.69 bits per heavy atom. The fraction of sp³-hybridized carbons (Fsp3) is 0.286. The second kappa shape index (κ2) is 8.06. The van der Waals surface area contributed by atoms with E-state index in [0.29, 0.717) is 6.07 Å². The molecule has 32 heavy (non-hydrogen) atoms. The smallest absolute Gasteiger partial charge is 0.278 e. The molecule has 0 aliphatic carbocycles. The number of nitrogens with zero attached hydrogens (tertiary/aromatic N) is 3. The fourth-order valence-corrected chi connectivity index (χ4v) is 3.71. The van der Waals surface area contributed by atoms with Gasteiger partial charge < -0.3 is 15.3 Å². The summed E-state index contributed by atoms with van der Waals surface area (Å²) in [6, 6.07) is 1.61. The Bertz CT molecular complexity index is 1200. The maximum absolute atomic E-state index is 13.8. The van der Waals surface area contributed by atoms with Crippen LogP contribution in [0.5, 0.6) is 5.75 Å². The Morgan fingerprint density at radius 2 is 2.00 bits per heavy atom. The fourth-order valence-electron chi connectivity index (χ4n) is 3.71. The summed E-state index contributed by atoms with van der Waals surface area (Å²) >= 11 is 0. The number of hydrogen-bond donors (Lipinski definition) is 2. The largest absolute Gasteiger partial charge is 0.502 e. The second-order valence-corrected chi connectivity index (χ2v) is 7.54. The highest BCUT2D eigenvalue weighted by molar-refractivity contribution is 5.99. The SMILES string of the molecule is CC1C=CC(CF)N2CN1C(=O)c1c(O)c(=O)c(C(=O)NCc3ccc(F)cc3F)cn12. The van der Waals surface area contributed by atoms with Crippen LogP contribution in [0.1, 0.15) is 33.3 Å². The number of alkyl halides is 1. The van der Waals surface area contributed by atoms with Crippen molar-refractivity contribution in [3.8, 4) is 5.75 Å². The van der Waals surface area contributed by atoms with Gasteiger partial charge in [0.05, 0.1) is 6.04 Å². The Kier molecular flexibility index (Phi) is 5.41. The Labute approximate surface area is 180 Å². The van der Waals surface area contributed by atoms with E-state index in [9.17, 15) is 32.7 Å². The number of aromatic nitrogens is 1. The third-order valence-electron chi connectivity index (χ3n) is 5.55. The first kappa shape index (κ1) is 21.5. The van der Waals surface area contributed by atoms with Crippen molar-refractivity contribution in [3.05, 3.63) is 75.2 Å². The van der Waals surface area contributed by atoms with Gasteiger partial charge in [-0.3, -0.25) is 24.1 Å². The molecule has 8 nitrogen and oxygen atoms in total. The van der Waals surface area contributed by atoms with E-state index in [2.05, 4.69) is 5.32 Å². The molecular weight excluding hydrogens is 429 g/mol. The molecule has 11 heteroatoms. The van der Waals surface area contributed by atoms with Crippen LogP contribution in [0.4, 0.5) is 13.2 Å². The third kappa shape index (κ3) is 3.49. The molecule has 2 aromatic rings. The van der Waals surface area contributed by atoms with Crippen molar-refractivity contribution < 1.29 is 27.9 Å². The lowest BCUT2D eigenvalue weighted by molar-refractivity contribution is 0.0648. The predicted molar refractivity (Wildman–Crippen MR) is 108 cm³/mol. The normalized spacial score (nSPS) is 19.6. The van der Waals surface area contributed by atoms with E-state index in [1.165, 1.54) is 9.91 Å². The van der Waals surface area contributed by atoms with Crippen LogP contribution in [0.2, 0.25) is 0 Å². The van der Waals surface area contributed by atoms with Gasteiger partial charge in [-0.15, -0.1) is 0 Å². The molecule has 0 spiro atoms. The molecule has 2 N–H and O–H groups in total. The van der Waals surface area contributed by atoms with Crippen molar-refractivity contribution in [1.82, 2.24) is 14.9 Å². The number of hydrogen-bond acceptors (Lipinski definition) is 5. The highest BCUT2D eigenvalue weighted by atomic mass is 19.1. The molecule has 1 aromatic carbocycles. The highest BCUT2D eigenvalue weighted by Gasteiger charge is 2.39. The Morgan fingerprint density at radius 1 is 1.25 bits per heavy atom. The minimum absolute atomic E-state index is 0.0167. The first-order valence-corrected chi connectivity index (χ1v) is 9.75. The molecule has 0 saturated carbocycles. The molecule has 0 fully saturated rings. The summed E-state index contributed by atoms with van der Waals surface area (Å²) in [6.45, 7) is 0.521. The zero-order valence-electron chi connectivity index (χ0n) is 16.9. The number of nitrogens with one attached hydrogen (secondary N) is 1. The molecule has 2 bridgehead atoms. The van der Waals surface area contributed by atoms with Gasteiger partial charge in [0.2, 0.25) is 5.43 Å². The Balaban J connectivity index is 1.72. The maximum Gasteiger partial charge on any atom is 0.278 e. The molecule has 2 aliphatic rings. The molecule has 2 aliphatic heterocycles. The van der Waals surface area contributed by atoms with E-state index < -0.39 is 58.9 Å².